The average Bonchev–Trinajstić information content (AvgIpc) is 3.37. The molecule has 1 aromatic heterocycles. The highest BCUT2D eigenvalue weighted by Gasteiger charge is 2.32. The molecule has 4 rings (SSSR count). The van der Waals surface area contributed by atoms with E-state index in [1.54, 1.807) is 4.88 Å². The first-order chi connectivity index (χ1) is 9.40. The average molecular weight is 313 g/mol. The summed E-state index contributed by atoms with van der Waals surface area (Å²) in [4.78, 5) is 6.58. The van der Waals surface area contributed by atoms with Gasteiger partial charge in [0.25, 0.3) is 0 Å². The Hall–Kier alpha value is 0.290. The number of nitrogens with zero attached hydrogens (tertiary/aromatic N) is 1. The Bertz CT molecular complexity index is 446. The first kappa shape index (κ1) is 13.0. The normalized spacial score (nSPS) is 27.7. The smallest absolute Gasteiger partial charge is 0.107 e. The maximum Gasteiger partial charge on any atom is 0.107 e. The molecular weight excluding hydrogens is 292 g/mol. The molecule has 2 saturated carbocycles. The fourth-order valence-corrected chi connectivity index (χ4v) is 6.56. The molecule has 1 aliphatic heterocycles. The molecule has 1 saturated heterocycles. The van der Waals surface area contributed by atoms with E-state index >= 15 is 0 Å². The second-order valence-corrected chi connectivity index (χ2v) is 9.30. The number of hydrogen-bond donors (Lipinski definition) is 1. The van der Waals surface area contributed by atoms with Crippen molar-refractivity contribution in [2.45, 2.75) is 49.4 Å². The van der Waals surface area contributed by atoms with Gasteiger partial charge in [0.1, 0.15) is 5.01 Å². The molecule has 1 atom stereocenters. The molecule has 104 valence electrons. The third kappa shape index (κ3) is 3.14. The lowest BCUT2D eigenvalue weighted by atomic mass is 10.2. The third-order valence-corrected chi connectivity index (χ3v) is 8.03. The molecule has 1 N–H and O–H groups in total. The summed E-state index contributed by atoms with van der Waals surface area (Å²) in [5, 5.41) is 5.74. The highest BCUT2D eigenvalue weighted by molar-refractivity contribution is 8.06. The third-order valence-electron chi connectivity index (χ3n) is 3.93. The monoisotopic (exact) mass is 312 g/mol. The Morgan fingerprint density at radius 1 is 1.16 bits per heavy atom. The van der Waals surface area contributed by atoms with Crippen LogP contribution >= 0.6 is 34.9 Å². The SMILES string of the molecule is C1CSC(c2nc(C3CC3)c(CNC3CC3)s2)CS1. The maximum atomic E-state index is 5.04. The summed E-state index contributed by atoms with van der Waals surface area (Å²) in [6.07, 6.45) is 5.48. The van der Waals surface area contributed by atoms with Crippen molar-refractivity contribution in [2.24, 2.45) is 0 Å². The van der Waals surface area contributed by atoms with E-state index in [9.17, 15) is 0 Å². The van der Waals surface area contributed by atoms with Gasteiger partial charge in [-0.1, -0.05) is 0 Å². The van der Waals surface area contributed by atoms with Crippen molar-refractivity contribution in [1.82, 2.24) is 10.3 Å². The molecule has 1 unspecified atom stereocenters. The molecule has 2 heterocycles. The van der Waals surface area contributed by atoms with Crippen molar-refractivity contribution in [3.63, 3.8) is 0 Å². The second-order valence-electron chi connectivity index (χ2n) is 5.72. The van der Waals surface area contributed by atoms with Crippen LogP contribution in [0.2, 0.25) is 0 Å². The maximum absolute atomic E-state index is 5.04. The number of hydrogen-bond acceptors (Lipinski definition) is 5. The van der Waals surface area contributed by atoms with Crippen molar-refractivity contribution < 1.29 is 0 Å². The molecular formula is C14H20N2S3. The van der Waals surface area contributed by atoms with E-state index in [0.29, 0.717) is 5.25 Å². The van der Waals surface area contributed by atoms with Gasteiger partial charge in [-0.05, 0) is 25.7 Å². The van der Waals surface area contributed by atoms with E-state index in [1.165, 1.54) is 53.6 Å². The van der Waals surface area contributed by atoms with E-state index in [0.717, 1.165) is 18.5 Å². The van der Waals surface area contributed by atoms with Crippen LogP contribution in [0.15, 0.2) is 0 Å². The van der Waals surface area contributed by atoms with Gasteiger partial charge in [0.2, 0.25) is 0 Å². The van der Waals surface area contributed by atoms with Crippen molar-refractivity contribution in [2.75, 3.05) is 17.3 Å². The zero-order chi connectivity index (χ0) is 12.7. The second kappa shape index (κ2) is 5.58. The van der Waals surface area contributed by atoms with Crippen LogP contribution in [0, 0.1) is 0 Å². The molecule has 0 spiro atoms. The van der Waals surface area contributed by atoms with Gasteiger partial charge in [0.05, 0.1) is 10.9 Å². The topological polar surface area (TPSA) is 24.9 Å². The first-order valence-corrected chi connectivity index (χ1v) is 10.3. The van der Waals surface area contributed by atoms with Crippen LogP contribution in [0.3, 0.4) is 0 Å². The van der Waals surface area contributed by atoms with E-state index < -0.39 is 0 Å². The molecule has 0 bridgehead atoms. The Morgan fingerprint density at radius 2 is 2.05 bits per heavy atom. The predicted molar refractivity (Wildman–Crippen MR) is 86.5 cm³/mol. The molecule has 0 aromatic carbocycles. The number of rotatable bonds is 5. The van der Waals surface area contributed by atoms with Crippen LogP contribution in [0.1, 0.15) is 52.4 Å². The molecule has 1 aromatic rings. The van der Waals surface area contributed by atoms with Gasteiger partial charge in [-0.3, -0.25) is 0 Å². The van der Waals surface area contributed by atoms with Crippen LogP contribution in [0.25, 0.3) is 0 Å². The molecule has 0 amide bonds. The number of aromatic nitrogens is 1. The standard InChI is InChI=1S/C14H20N2S3/c1-2-9(1)13-11(7-15-10-3-4-10)19-14(16-13)12-8-17-5-6-18-12/h9-10,12,15H,1-8H2. The highest BCUT2D eigenvalue weighted by atomic mass is 32.2. The molecule has 5 heteroatoms. The first-order valence-electron chi connectivity index (χ1n) is 7.32. The van der Waals surface area contributed by atoms with Crippen LogP contribution < -0.4 is 5.32 Å². The minimum Gasteiger partial charge on any atom is -0.309 e. The van der Waals surface area contributed by atoms with E-state index in [2.05, 4.69) is 28.8 Å². The summed E-state index contributed by atoms with van der Waals surface area (Å²) in [5.41, 5.74) is 1.45. The van der Waals surface area contributed by atoms with Gasteiger partial charge in [0.15, 0.2) is 0 Å². The van der Waals surface area contributed by atoms with E-state index in [1.807, 2.05) is 11.3 Å². The van der Waals surface area contributed by atoms with E-state index in [-0.39, 0.29) is 0 Å². The summed E-state index contributed by atoms with van der Waals surface area (Å²) < 4.78 is 0. The minimum absolute atomic E-state index is 0.663. The fourth-order valence-electron chi connectivity index (χ4n) is 2.48. The largest absolute Gasteiger partial charge is 0.309 e. The van der Waals surface area contributed by atoms with E-state index in [4.69, 9.17) is 4.98 Å². The minimum atomic E-state index is 0.663. The van der Waals surface area contributed by atoms with Crippen LogP contribution in [0.5, 0.6) is 0 Å². The molecule has 2 aliphatic carbocycles. The van der Waals surface area contributed by atoms with Crippen molar-refractivity contribution in [3.8, 4) is 0 Å². The van der Waals surface area contributed by atoms with Gasteiger partial charge < -0.3 is 5.32 Å². The van der Waals surface area contributed by atoms with Gasteiger partial charge in [-0.15, -0.1) is 23.1 Å². The molecule has 2 nitrogen and oxygen atoms in total. The summed E-state index contributed by atoms with van der Waals surface area (Å²) in [5.74, 6) is 4.67. The Morgan fingerprint density at radius 3 is 2.74 bits per heavy atom. The van der Waals surface area contributed by atoms with Crippen molar-refractivity contribution in [3.05, 3.63) is 15.6 Å². The van der Waals surface area contributed by atoms with Crippen LogP contribution in [-0.4, -0.2) is 28.3 Å². The van der Waals surface area contributed by atoms with Gasteiger partial charge in [-0.2, -0.15) is 11.8 Å². The lowest BCUT2D eigenvalue weighted by Crippen LogP contribution is -2.15. The van der Waals surface area contributed by atoms with Crippen LogP contribution in [0.4, 0.5) is 0 Å². The quantitative estimate of drug-likeness (QED) is 0.894. The summed E-state index contributed by atoms with van der Waals surface area (Å²) in [7, 11) is 0. The fraction of sp³-hybridized carbons (Fsp3) is 0.786. The Kier molecular flexibility index (Phi) is 3.82. The van der Waals surface area contributed by atoms with Crippen molar-refractivity contribution >= 4 is 34.9 Å². The molecule has 3 aliphatic rings. The molecule has 0 radical (unpaired) electrons. The van der Waals surface area contributed by atoms with Crippen LogP contribution in [-0.2, 0) is 6.54 Å². The lowest BCUT2D eigenvalue weighted by Gasteiger charge is -2.18. The predicted octanol–water partition coefficient (Wildman–Crippen LogP) is 3.79. The number of nitrogens with one attached hydrogen (secondary N) is 1. The number of thiazole rings is 1. The summed E-state index contributed by atoms with van der Waals surface area (Å²) >= 11 is 6.21. The van der Waals surface area contributed by atoms with Gasteiger partial charge in [0, 0.05) is 40.6 Å². The molecule has 19 heavy (non-hydrogen) atoms. The van der Waals surface area contributed by atoms with Gasteiger partial charge >= 0.3 is 0 Å². The number of thioether (sulfide) groups is 2. The lowest BCUT2D eigenvalue weighted by molar-refractivity contribution is 0.688. The highest BCUT2D eigenvalue weighted by Crippen LogP contribution is 2.46. The summed E-state index contributed by atoms with van der Waals surface area (Å²) in [6, 6.07) is 0.803. The van der Waals surface area contributed by atoms with Gasteiger partial charge in [-0.25, -0.2) is 4.98 Å². The molecule has 3 fully saturated rings. The van der Waals surface area contributed by atoms with Crippen molar-refractivity contribution in [1.29, 1.82) is 0 Å². The Labute approximate surface area is 127 Å². The summed E-state index contributed by atoms with van der Waals surface area (Å²) in [6.45, 7) is 1.07. The zero-order valence-corrected chi connectivity index (χ0v) is 13.5. The zero-order valence-electron chi connectivity index (χ0n) is 11.1. The Balaban J connectivity index is 1.51.